The molecule has 2 rings (SSSR count). The van der Waals surface area contributed by atoms with Gasteiger partial charge in [-0.3, -0.25) is 4.79 Å². The van der Waals surface area contributed by atoms with Crippen molar-refractivity contribution in [2.24, 2.45) is 0 Å². The Hall–Kier alpha value is -1.68. The van der Waals surface area contributed by atoms with Crippen LogP contribution in [0.2, 0.25) is 0 Å². The highest BCUT2D eigenvalue weighted by Crippen LogP contribution is 2.21. The molecule has 112 valence electrons. The van der Waals surface area contributed by atoms with E-state index in [0.29, 0.717) is 6.42 Å². The Morgan fingerprint density at radius 1 is 1.24 bits per heavy atom. The fraction of sp³-hybridized carbons (Fsp3) is 0.412. The first-order valence-electron chi connectivity index (χ1n) is 7.52. The maximum atomic E-state index is 12.2. The van der Waals surface area contributed by atoms with Gasteiger partial charge >= 0.3 is 0 Å². The number of rotatable bonds is 8. The van der Waals surface area contributed by atoms with Crippen LogP contribution in [-0.2, 0) is 6.42 Å². The monoisotopic (exact) mass is 302 g/mol. The molecule has 0 aliphatic carbocycles. The number of thiazole rings is 1. The number of carbonyl (C=O) groups excluding carboxylic acids is 1. The van der Waals surface area contributed by atoms with Gasteiger partial charge in [-0.15, -0.1) is 11.3 Å². The fourth-order valence-electron chi connectivity index (χ4n) is 2.15. The van der Waals surface area contributed by atoms with E-state index in [2.05, 4.69) is 23.7 Å². The van der Waals surface area contributed by atoms with Gasteiger partial charge in [-0.05, 0) is 13.3 Å². The van der Waals surface area contributed by atoms with Crippen LogP contribution in [0.5, 0.6) is 0 Å². The lowest BCUT2D eigenvalue weighted by Gasteiger charge is -2.19. The number of anilines is 1. The van der Waals surface area contributed by atoms with Crippen LogP contribution in [0, 0.1) is 0 Å². The Morgan fingerprint density at radius 3 is 2.67 bits per heavy atom. The van der Waals surface area contributed by atoms with Gasteiger partial charge in [0.05, 0.1) is 12.1 Å². The summed E-state index contributed by atoms with van der Waals surface area (Å²) in [6.45, 7) is 6.33. The number of carbonyl (C=O) groups is 1. The largest absolute Gasteiger partial charge is 0.348 e. The molecular weight excluding hydrogens is 280 g/mol. The first-order valence-corrected chi connectivity index (χ1v) is 8.40. The van der Waals surface area contributed by atoms with E-state index in [1.165, 1.54) is 12.8 Å². The first-order chi connectivity index (χ1) is 10.2. The number of aromatic nitrogens is 1. The molecule has 0 bridgehead atoms. The number of ketones is 1. The predicted molar refractivity (Wildman–Crippen MR) is 89.4 cm³/mol. The SMILES string of the molecule is CCCCN(CC)c1nc(CC(=O)c2ccccc2)cs1. The van der Waals surface area contributed by atoms with Crippen molar-refractivity contribution in [1.82, 2.24) is 4.98 Å². The second-order valence-electron chi connectivity index (χ2n) is 5.02. The molecule has 1 aromatic heterocycles. The molecule has 0 fully saturated rings. The van der Waals surface area contributed by atoms with Crippen LogP contribution in [0.25, 0.3) is 0 Å². The van der Waals surface area contributed by atoms with Crippen LogP contribution in [0.4, 0.5) is 5.13 Å². The van der Waals surface area contributed by atoms with E-state index in [1.807, 2.05) is 35.7 Å². The highest BCUT2D eigenvalue weighted by molar-refractivity contribution is 7.13. The van der Waals surface area contributed by atoms with Crippen LogP contribution in [0.1, 0.15) is 42.7 Å². The molecule has 0 saturated carbocycles. The first kappa shape index (κ1) is 15.7. The van der Waals surface area contributed by atoms with Crippen LogP contribution in [-0.4, -0.2) is 23.9 Å². The summed E-state index contributed by atoms with van der Waals surface area (Å²) < 4.78 is 0. The molecule has 21 heavy (non-hydrogen) atoms. The fourth-order valence-corrected chi connectivity index (χ4v) is 3.07. The topological polar surface area (TPSA) is 33.2 Å². The van der Waals surface area contributed by atoms with Gasteiger partial charge in [-0.25, -0.2) is 4.98 Å². The summed E-state index contributed by atoms with van der Waals surface area (Å²) in [6, 6.07) is 9.42. The molecule has 0 radical (unpaired) electrons. The van der Waals surface area contributed by atoms with E-state index in [4.69, 9.17) is 0 Å². The van der Waals surface area contributed by atoms with Crippen molar-refractivity contribution in [1.29, 1.82) is 0 Å². The quantitative estimate of drug-likeness (QED) is 0.685. The van der Waals surface area contributed by atoms with E-state index >= 15 is 0 Å². The molecule has 1 aromatic carbocycles. The number of unbranched alkanes of at least 4 members (excludes halogenated alkanes) is 1. The minimum atomic E-state index is 0.129. The maximum Gasteiger partial charge on any atom is 0.185 e. The van der Waals surface area contributed by atoms with Crippen LogP contribution in [0.15, 0.2) is 35.7 Å². The molecule has 0 saturated heterocycles. The molecule has 1 heterocycles. The molecule has 0 N–H and O–H groups in total. The molecule has 2 aromatic rings. The number of Topliss-reactive ketones (excluding diaryl/α,β-unsaturated/α-hetero) is 1. The third kappa shape index (κ3) is 4.39. The summed E-state index contributed by atoms with van der Waals surface area (Å²) in [5.74, 6) is 0.129. The van der Waals surface area contributed by atoms with Gasteiger partial charge in [0.1, 0.15) is 0 Å². The molecule has 0 amide bonds. The molecule has 3 nitrogen and oxygen atoms in total. The lowest BCUT2D eigenvalue weighted by atomic mass is 10.1. The summed E-state index contributed by atoms with van der Waals surface area (Å²) in [5.41, 5.74) is 1.63. The number of hydrogen-bond donors (Lipinski definition) is 0. The smallest absolute Gasteiger partial charge is 0.185 e. The number of benzene rings is 1. The van der Waals surface area contributed by atoms with Crippen molar-refractivity contribution in [2.75, 3.05) is 18.0 Å². The van der Waals surface area contributed by atoms with Crippen LogP contribution in [0.3, 0.4) is 0 Å². The van der Waals surface area contributed by atoms with E-state index in [1.54, 1.807) is 11.3 Å². The molecule has 4 heteroatoms. The number of hydrogen-bond acceptors (Lipinski definition) is 4. The summed E-state index contributed by atoms with van der Waals surface area (Å²) in [5, 5.41) is 3.03. The second-order valence-corrected chi connectivity index (χ2v) is 5.86. The zero-order chi connectivity index (χ0) is 15.1. The summed E-state index contributed by atoms with van der Waals surface area (Å²) in [7, 11) is 0. The van der Waals surface area contributed by atoms with E-state index in [0.717, 1.165) is 29.5 Å². The molecule has 0 atom stereocenters. The molecule has 0 aliphatic rings. The summed E-state index contributed by atoms with van der Waals surface area (Å²) in [4.78, 5) is 19.1. The van der Waals surface area contributed by atoms with Crippen LogP contribution < -0.4 is 4.90 Å². The van der Waals surface area contributed by atoms with E-state index < -0.39 is 0 Å². The average molecular weight is 302 g/mol. The Balaban J connectivity index is 2.01. The maximum absolute atomic E-state index is 12.2. The van der Waals surface area contributed by atoms with Crippen molar-refractivity contribution >= 4 is 22.3 Å². The summed E-state index contributed by atoms with van der Waals surface area (Å²) in [6.07, 6.45) is 2.73. The van der Waals surface area contributed by atoms with E-state index in [9.17, 15) is 4.79 Å². The van der Waals surface area contributed by atoms with Crippen molar-refractivity contribution in [2.45, 2.75) is 33.1 Å². The van der Waals surface area contributed by atoms with Crippen molar-refractivity contribution in [3.05, 3.63) is 47.0 Å². The standard InChI is InChI=1S/C17H22N2OS/c1-3-5-11-19(4-2)17-18-15(13-21-17)12-16(20)14-9-7-6-8-10-14/h6-10,13H,3-5,11-12H2,1-2H3. The van der Waals surface area contributed by atoms with E-state index in [-0.39, 0.29) is 5.78 Å². The summed E-state index contributed by atoms with van der Waals surface area (Å²) >= 11 is 1.63. The highest BCUT2D eigenvalue weighted by atomic mass is 32.1. The zero-order valence-electron chi connectivity index (χ0n) is 12.7. The van der Waals surface area contributed by atoms with Gasteiger partial charge < -0.3 is 4.90 Å². The van der Waals surface area contributed by atoms with Crippen molar-refractivity contribution in [3.63, 3.8) is 0 Å². The van der Waals surface area contributed by atoms with Crippen LogP contribution >= 0.6 is 11.3 Å². The van der Waals surface area contributed by atoms with Gasteiger partial charge in [0.15, 0.2) is 10.9 Å². The minimum absolute atomic E-state index is 0.129. The third-order valence-corrected chi connectivity index (χ3v) is 4.36. The highest BCUT2D eigenvalue weighted by Gasteiger charge is 2.12. The Morgan fingerprint density at radius 2 is 2.00 bits per heavy atom. The Kier molecular flexibility index (Phi) is 5.93. The molecule has 0 aliphatic heterocycles. The normalized spacial score (nSPS) is 10.6. The zero-order valence-corrected chi connectivity index (χ0v) is 13.5. The van der Waals surface area contributed by atoms with Gasteiger partial charge in [-0.1, -0.05) is 43.7 Å². The lowest BCUT2D eigenvalue weighted by Crippen LogP contribution is -2.23. The van der Waals surface area contributed by atoms with Gasteiger partial charge in [0.25, 0.3) is 0 Å². The Bertz CT molecular complexity index is 565. The third-order valence-electron chi connectivity index (χ3n) is 3.41. The van der Waals surface area contributed by atoms with Crippen molar-refractivity contribution < 1.29 is 4.79 Å². The Labute approximate surface area is 130 Å². The number of nitrogens with zero attached hydrogens (tertiary/aromatic N) is 2. The minimum Gasteiger partial charge on any atom is -0.348 e. The van der Waals surface area contributed by atoms with Gasteiger partial charge in [0.2, 0.25) is 0 Å². The predicted octanol–water partition coefficient (Wildman–Crippen LogP) is 4.19. The van der Waals surface area contributed by atoms with Gasteiger partial charge in [0, 0.05) is 24.0 Å². The average Bonchev–Trinajstić information content (AvgIpc) is 2.97. The lowest BCUT2D eigenvalue weighted by molar-refractivity contribution is 0.0992. The molecular formula is C17H22N2OS. The molecule has 0 spiro atoms. The second kappa shape index (κ2) is 7.93. The van der Waals surface area contributed by atoms with Gasteiger partial charge in [-0.2, -0.15) is 0 Å². The van der Waals surface area contributed by atoms with Crippen molar-refractivity contribution in [3.8, 4) is 0 Å². The molecule has 0 unspecified atom stereocenters.